The van der Waals surface area contributed by atoms with Crippen molar-refractivity contribution in [3.05, 3.63) is 176 Å². The van der Waals surface area contributed by atoms with E-state index in [0.29, 0.717) is 5.89 Å². The minimum Gasteiger partial charge on any atom is -0.436 e. The van der Waals surface area contributed by atoms with E-state index < -0.39 is 0 Å². The van der Waals surface area contributed by atoms with Crippen molar-refractivity contribution in [3.8, 4) is 11.5 Å². The van der Waals surface area contributed by atoms with Crippen LogP contribution in [0.25, 0.3) is 42.7 Å². The van der Waals surface area contributed by atoms with Crippen molar-refractivity contribution in [2.75, 3.05) is 9.80 Å². The van der Waals surface area contributed by atoms with Crippen LogP contribution in [-0.2, 0) is 0 Å². The Balaban J connectivity index is 1.16. The molecule has 0 N–H and O–H groups in total. The molecule has 9 rings (SSSR count). The Labute approximate surface area is 282 Å². The number of hydrogen-bond acceptors (Lipinski definition) is 5. The van der Waals surface area contributed by atoms with Gasteiger partial charge in [0.15, 0.2) is 5.58 Å². The molecule has 9 aromatic rings. The Bertz CT molecular complexity index is 2430. The summed E-state index contributed by atoms with van der Waals surface area (Å²) in [6, 6.07) is 61.5. The molecule has 0 atom stereocenters. The molecule has 5 heteroatoms. The standard InChI is InChI=1S/C43H29N3OS/c1-4-13-31(14-5-1)45(34-25-23-30(24-26-34)43-44-38-20-10-11-22-40(38)47-43)35-27-28-36-37-19-12-21-39(42(37)48-41(36)29-35)46(32-15-6-2-7-16-32)33-17-8-3-9-18-33/h1-29H. The maximum absolute atomic E-state index is 6.06. The quantitative estimate of drug-likeness (QED) is 0.174. The lowest BCUT2D eigenvalue weighted by molar-refractivity contribution is 0.620. The Morgan fingerprint density at radius 3 is 1.71 bits per heavy atom. The number of thiophene rings is 1. The molecule has 0 saturated carbocycles. The molecule has 0 aliphatic carbocycles. The Morgan fingerprint density at radius 1 is 0.458 bits per heavy atom. The van der Waals surface area contributed by atoms with E-state index in [4.69, 9.17) is 9.40 Å². The third-order valence-electron chi connectivity index (χ3n) is 8.67. The fourth-order valence-electron chi connectivity index (χ4n) is 6.44. The first-order valence-corrected chi connectivity index (χ1v) is 16.8. The SMILES string of the molecule is c1ccc(N(c2ccc(-c3nc4ccccc4o3)cc2)c2ccc3c(c2)sc2c(N(c4ccccc4)c4ccccc4)cccc23)cc1. The fourth-order valence-corrected chi connectivity index (χ4v) is 7.68. The number of nitrogens with zero attached hydrogens (tertiary/aromatic N) is 3. The number of para-hydroxylation sites is 5. The first-order valence-electron chi connectivity index (χ1n) is 16.0. The van der Waals surface area contributed by atoms with Crippen molar-refractivity contribution in [1.29, 1.82) is 0 Å². The van der Waals surface area contributed by atoms with E-state index in [0.717, 1.165) is 45.1 Å². The van der Waals surface area contributed by atoms with E-state index in [1.54, 1.807) is 0 Å². The van der Waals surface area contributed by atoms with Crippen molar-refractivity contribution in [3.63, 3.8) is 0 Å². The Kier molecular flexibility index (Phi) is 6.95. The molecule has 2 aromatic heterocycles. The first-order chi connectivity index (χ1) is 23.8. The second kappa shape index (κ2) is 11.9. The molecule has 0 amide bonds. The molecule has 0 saturated heterocycles. The summed E-state index contributed by atoms with van der Waals surface area (Å²) >= 11 is 1.84. The van der Waals surface area contributed by atoms with Gasteiger partial charge in [0.1, 0.15) is 5.52 Å². The van der Waals surface area contributed by atoms with Crippen LogP contribution in [0.3, 0.4) is 0 Å². The van der Waals surface area contributed by atoms with Gasteiger partial charge in [0.05, 0.1) is 10.4 Å². The van der Waals surface area contributed by atoms with Gasteiger partial charge in [0, 0.05) is 49.5 Å². The lowest BCUT2D eigenvalue weighted by Crippen LogP contribution is -2.09. The number of benzene rings is 7. The van der Waals surface area contributed by atoms with Crippen molar-refractivity contribution >= 4 is 76.7 Å². The molecule has 0 unspecified atom stereocenters. The number of fused-ring (bicyclic) bond motifs is 4. The Morgan fingerprint density at radius 2 is 1.04 bits per heavy atom. The third-order valence-corrected chi connectivity index (χ3v) is 9.86. The summed E-state index contributed by atoms with van der Waals surface area (Å²) in [5, 5.41) is 2.51. The summed E-state index contributed by atoms with van der Waals surface area (Å²) in [6.45, 7) is 0. The van der Waals surface area contributed by atoms with Gasteiger partial charge >= 0.3 is 0 Å². The van der Waals surface area contributed by atoms with E-state index in [-0.39, 0.29) is 0 Å². The highest BCUT2D eigenvalue weighted by Gasteiger charge is 2.19. The van der Waals surface area contributed by atoms with E-state index >= 15 is 0 Å². The number of hydrogen-bond donors (Lipinski definition) is 0. The summed E-state index contributed by atoms with van der Waals surface area (Å²) < 4.78 is 8.55. The van der Waals surface area contributed by atoms with Crippen LogP contribution in [0.5, 0.6) is 0 Å². The predicted octanol–water partition coefficient (Wildman–Crippen LogP) is 12.8. The van der Waals surface area contributed by atoms with E-state index in [1.807, 2.05) is 35.6 Å². The van der Waals surface area contributed by atoms with Crippen LogP contribution in [0, 0.1) is 0 Å². The van der Waals surface area contributed by atoms with E-state index in [2.05, 4.69) is 161 Å². The number of oxazole rings is 1. The van der Waals surface area contributed by atoms with Crippen molar-refractivity contribution in [2.45, 2.75) is 0 Å². The molecule has 4 nitrogen and oxygen atoms in total. The maximum atomic E-state index is 6.06. The fraction of sp³-hybridized carbons (Fsp3) is 0. The van der Waals surface area contributed by atoms with Gasteiger partial charge in [-0.3, -0.25) is 0 Å². The highest BCUT2D eigenvalue weighted by Crippen LogP contribution is 2.46. The van der Waals surface area contributed by atoms with Crippen molar-refractivity contribution in [2.24, 2.45) is 0 Å². The molecule has 0 fully saturated rings. The second-order valence-corrected chi connectivity index (χ2v) is 12.7. The smallest absolute Gasteiger partial charge is 0.227 e. The van der Waals surface area contributed by atoms with Crippen molar-refractivity contribution in [1.82, 2.24) is 4.98 Å². The van der Waals surface area contributed by atoms with Crippen LogP contribution in [0.15, 0.2) is 180 Å². The van der Waals surface area contributed by atoms with Crippen LogP contribution in [0.1, 0.15) is 0 Å². The van der Waals surface area contributed by atoms with Gasteiger partial charge < -0.3 is 14.2 Å². The zero-order chi connectivity index (χ0) is 31.9. The highest BCUT2D eigenvalue weighted by atomic mass is 32.1. The predicted molar refractivity (Wildman–Crippen MR) is 202 cm³/mol. The van der Waals surface area contributed by atoms with Gasteiger partial charge in [-0.2, -0.15) is 0 Å². The van der Waals surface area contributed by atoms with Crippen LogP contribution in [0.4, 0.5) is 34.1 Å². The highest BCUT2D eigenvalue weighted by molar-refractivity contribution is 7.26. The largest absolute Gasteiger partial charge is 0.436 e. The van der Waals surface area contributed by atoms with Gasteiger partial charge in [-0.15, -0.1) is 11.3 Å². The number of anilines is 6. The minimum atomic E-state index is 0.622. The molecule has 48 heavy (non-hydrogen) atoms. The zero-order valence-corrected chi connectivity index (χ0v) is 26.7. The summed E-state index contributed by atoms with van der Waals surface area (Å²) in [6.07, 6.45) is 0. The average molecular weight is 636 g/mol. The van der Waals surface area contributed by atoms with Crippen molar-refractivity contribution < 1.29 is 4.42 Å². The number of rotatable bonds is 7. The Hall–Kier alpha value is -6.17. The number of aromatic nitrogens is 1. The molecule has 0 radical (unpaired) electrons. The van der Waals surface area contributed by atoms with Gasteiger partial charge in [0.25, 0.3) is 0 Å². The molecular formula is C43H29N3OS. The molecule has 2 heterocycles. The zero-order valence-electron chi connectivity index (χ0n) is 25.9. The summed E-state index contributed by atoms with van der Waals surface area (Å²) in [5.74, 6) is 0.622. The molecule has 0 spiro atoms. The molecule has 0 aliphatic rings. The summed E-state index contributed by atoms with van der Waals surface area (Å²) in [5.41, 5.74) is 9.26. The first kappa shape index (κ1) is 28.1. The molecule has 228 valence electrons. The molecular weight excluding hydrogens is 607 g/mol. The minimum absolute atomic E-state index is 0.622. The average Bonchev–Trinajstić information content (AvgIpc) is 3.76. The van der Waals surface area contributed by atoms with Crippen LogP contribution >= 0.6 is 11.3 Å². The van der Waals surface area contributed by atoms with Gasteiger partial charge in [-0.05, 0) is 91.0 Å². The maximum Gasteiger partial charge on any atom is 0.227 e. The lowest BCUT2D eigenvalue weighted by Gasteiger charge is -2.25. The topological polar surface area (TPSA) is 32.5 Å². The molecule has 7 aromatic carbocycles. The van der Waals surface area contributed by atoms with E-state index in [1.165, 1.54) is 25.9 Å². The monoisotopic (exact) mass is 635 g/mol. The van der Waals surface area contributed by atoms with Crippen LogP contribution < -0.4 is 9.80 Å². The molecule has 0 bridgehead atoms. The van der Waals surface area contributed by atoms with Gasteiger partial charge in [-0.25, -0.2) is 4.98 Å². The summed E-state index contributed by atoms with van der Waals surface area (Å²) in [4.78, 5) is 9.37. The normalized spacial score (nSPS) is 11.3. The molecule has 0 aliphatic heterocycles. The lowest BCUT2D eigenvalue weighted by atomic mass is 10.1. The second-order valence-electron chi connectivity index (χ2n) is 11.6. The van der Waals surface area contributed by atoms with Gasteiger partial charge in [-0.1, -0.05) is 84.9 Å². The van der Waals surface area contributed by atoms with Crippen LogP contribution in [0.2, 0.25) is 0 Å². The van der Waals surface area contributed by atoms with Crippen LogP contribution in [-0.4, -0.2) is 4.98 Å². The summed E-state index contributed by atoms with van der Waals surface area (Å²) in [7, 11) is 0. The van der Waals surface area contributed by atoms with E-state index in [9.17, 15) is 0 Å². The third kappa shape index (κ3) is 4.98. The van der Waals surface area contributed by atoms with Gasteiger partial charge in [0.2, 0.25) is 5.89 Å².